The number of rotatable bonds is 9. The number of nitrogens with one attached hydrogen (secondary N) is 1. The molecule has 0 bridgehead atoms. The third kappa shape index (κ3) is 6.46. The van der Waals surface area contributed by atoms with E-state index >= 15 is 0 Å². The zero-order valence-electron chi connectivity index (χ0n) is 17.3. The molecule has 0 saturated heterocycles. The molecule has 0 aromatic heterocycles. The summed E-state index contributed by atoms with van der Waals surface area (Å²) < 4.78 is 33.9. The summed E-state index contributed by atoms with van der Waals surface area (Å²) in [4.78, 5) is 13.5. The van der Waals surface area contributed by atoms with E-state index in [1.54, 1.807) is 57.6 Å². The molecule has 1 atom stereocenters. The van der Waals surface area contributed by atoms with Gasteiger partial charge in [0, 0.05) is 14.1 Å². The van der Waals surface area contributed by atoms with E-state index in [2.05, 4.69) is 10.5 Å². The van der Waals surface area contributed by atoms with E-state index in [-0.39, 0.29) is 10.8 Å². The summed E-state index contributed by atoms with van der Waals surface area (Å²) in [6, 6.07) is 11.1. The van der Waals surface area contributed by atoms with E-state index in [0.29, 0.717) is 23.8 Å². The molecule has 0 aliphatic heterocycles. The fraction of sp³-hybridized carbons (Fsp3) is 0.300. The molecule has 0 radical (unpaired) electrons. The maximum atomic E-state index is 12.0. The lowest BCUT2D eigenvalue weighted by molar-refractivity contribution is -0.135. The number of amides is 1. The summed E-state index contributed by atoms with van der Waals surface area (Å²) in [7, 11) is -0.397. The van der Waals surface area contributed by atoms with Crippen LogP contribution in [0.2, 0.25) is 0 Å². The molecule has 0 spiro atoms. The Labute approximate surface area is 176 Å². The van der Waals surface area contributed by atoms with Gasteiger partial charge in [-0.25, -0.2) is 13.6 Å². The minimum atomic E-state index is -3.73. The number of nitrogens with zero attached hydrogens (tertiary/aromatic N) is 2. The third-order valence-corrected chi connectivity index (χ3v) is 4.88. The van der Waals surface area contributed by atoms with Gasteiger partial charge in [-0.2, -0.15) is 5.10 Å². The molecule has 3 N–H and O–H groups in total. The van der Waals surface area contributed by atoms with Crippen molar-refractivity contribution in [2.24, 2.45) is 10.2 Å². The maximum Gasteiger partial charge on any atom is 0.262 e. The fourth-order valence-electron chi connectivity index (χ4n) is 2.48. The molecule has 2 rings (SSSR count). The van der Waals surface area contributed by atoms with Crippen LogP contribution in [0.1, 0.15) is 19.4 Å². The highest BCUT2D eigenvalue weighted by Gasteiger charge is 2.18. The molecule has 2 aromatic rings. The number of carbonyl (C=O) groups excluding carboxylic acids is 1. The van der Waals surface area contributed by atoms with Gasteiger partial charge in [0.2, 0.25) is 10.0 Å². The quantitative estimate of drug-likeness (QED) is 0.460. The van der Waals surface area contributed by atoms with Crippen molar-refractivity contribution in [1.82, 2.24) is 4.90 Å². The van der Waals surface area contributed by atoms with Crippen molar-refractivity contribution >= 4 is 27.8 Å². The molecular formula is C20H26N4O5S. The van der Waals surface area contributed by atoms with Gasteiger partial charge in [0.15, 0.2) is 17.6 Å². The van der Waals surface area contributed by atoms with E-state index in [4.69, 9.17) is 14.6 Å². The molecule has 10 heteroatoms. The molecule has 0 heterocycles. The number of primary sulfonamides is 1. The fourth-order valence-corrected chi connectivity index (χ4v) is 2.99. The van der Waals surface area contributed by atoms with Crippen LogP contribution in [-0.2, 0) is 14.8 Å². The number of carbonyl (C=O) groups is 1. The first-order chi connectivity index (χ1) is 14.1. The number of hydrogen-bond acceptors (Lipinski definition) is 7. The molecule has 0 aliphatic rings. The van der Waals surface area contributed by atoms with E-state index in [9.17, 15) is 13.2 Å². The van der Waals surface area contributed by atoms with E-state index in [1.807, 2.05) is 6.92 Å². The lowest BCUT2D eigenvalue weighted by atomic mass is 10.2. The first-order valence-corrected chi connectivity index (χ1v) is 10.7. The number of anilines is 1. The van der Waals surface area contributed by atoms with Gasteiger partial charge in [-0.05, 0) is 61.9 Å². The molecule has 0 fully saturated rings. The SMILES string of the molecule is CCOc1cc(C=NNc2ccc(S(N)(=O)=O)cc2)ccc1OC(C)C(=O)N(C)C. The van der Waals surface area contributed by atoms with Crippen LogP contribution >= 0.6 is 0 Å². The van der Waals surface area contributed by atoms with E-state index in [1.165, 1.54) is 17.0 Å². The summed E-state index contributed by atoms with van der Waals surface area (Å²) in [6.45, 7) is 3.96. The average Bonchev–Trinajstić information content (AvgIpc) is 2.69. The molecule has 0 saturated carbocycles. The first-order valence-electron chi connectivity index (χ1n) is 9.18. The van der Waals surface area contributed by atoms with Crippen LogP contribution in [0, 0.1) is 0 Å². The lowest BCUT2D eigenvalue weighted by Gasteiger charge is -2.20. The second-order valence-corrected chi connectivity index (χ2v) is 8.13. The molecule has 2 aromatic carbocycles. The van der Waals surface area contributed by atoms with Crippen molar-refractivity contribution < 1.29 is 22.7 Å². The van der Waals surface area contributed by atoms with Crippen LogP contribution in [0.25, 0.3) is 0 Å². The monoisotopic (exact) mass is 434 g/mol. The standard InChI is InChI=1S/C20H26N4O5S/c1-5-28-19-12-15(6-11-18(19)29-14(2)20(25)24(3)4)13-22-23-16-7-9-17(10-8-16)30(21,26)27/h6-14,23H,5H2,1-4H3,(H2,21,26,27). The lowest BCUT2D eigenvalue weighted by Crippen LogP contribution is -2.35. The van der Waals surface area contributed by atoms with Gasteiger partial charge in [0.05, 0.1) is 23.4 Å². The molecule has 0 aliphatic carbocycles. The minimum Gasteiger partial charge on any atom is -0.490 e. The van der Waals surface area contributed by atoms with Gasteiger partial charge in [0.25, 0.3) is 5.91 Å². The van der Waals surface area contributed by atoms with Crippen LogP contribution in [0.15, 0.2) is 52.5 Å². The van der Waals surface area contributed by atoms with E-state index < -0.39 is 16.1 Å². The minimum absolute atomic E-state index is 0.0240. The average molecular weight is 435 g/mol. The highest BCUT2D eigenvalue weighted by molar-refractivity contribution is 7.89. The predicted octanol–water partition coefficient (Wildman–Crippen LogP) is 2.03. The van der Waals surface area contributed by atoms with Crippen LogP contribution in [-0.4, -0.2) is 52.2 Å². The predicted molar refractivity (Wildman–Crippen MR) is 115 cm³/mol. The van der Waals surface area contributed by atoms with E-state index in [0.717, 1.165) is 5.56 Å². The molecular weight excluding hydrogens is 408 g/mol. The number of nitrogens with two attached hydrogens (primary N) is 1. The van der Waals surface area contributed by atoms with Crippen LogP contribution < -0.4 is 20.0 Å². The zero-order chi connectivity index (χ0) is 22.3. The van der Waals surface area contributed by atoms with Crippen molar-refractivity contribution in [2.75, 3.05) is 26.1 Å². The van der Waals surface area contributed by atoms with Crippen molar-refractivity contribution in [1.29, 1.82) is 0 Å². The first kappa shape index (κ1) is 23.2. The van der Waals surface area contributed by atoms with Gasteiger partial charge >= 0.3 is 0 Å². The van der Waals surface area contributed by atoms with Gasteiger partial charge in [-0.15, -0.1) is 0 Å². The second kappa shape index (κ2) is 10.1. The highest BCUT2D eigenvalue weighted by Crippen LogP contribution is 2.29. The van der Waals surface area contributed by atoms with Gasteiger partial charge < -0.3 is 14.4 Å². The van der Waals surface area contributed by atoms with Crippen LogP contribution in [0.4, 0.5) is 5.69 Å². The summed E-state index contributed by atoms with van der Waals surface area (Å²) >= 11 is 0. The Morgan fingerprint density at radius 2 is 1.87 bits per heavy atom. The summed E-state index contributed by atoms with van der Waals surface area (Å²) in [5.41, 5.74) is 4.15. The number of ether oxygens (including phenoxy) is 2. The number of benzene rings is 2. The Hall–Kier alpha value is -3.11. The summed E-state index contributed by atoms with van der Waals surface area (Å²) in [6.07, 6.45) is 0.926. The molecule has 9 nitrogen and oxygen atoms in total. The van der Waals surface area contributed by atoms with Crippen LogP contribution in [0.5, 0.6) is 11.5 Å². The van der Waals surface area contributed by atoms with Gasteiger partial charge in [-0.3, -0.25) is 10.2 Å². The Balaban J connectivity index is 2.10. The summed E-state index contributed by atoms with van der Waals surface area (Å²) in [5, 5.41) is 9.21. The Morgan fingerprint density at radius 3 is 2.43 bits per heavy atom. The van der Waals surface area contributed by atoms with Crippen molar-refractivity contribution in [3.8, 4) is 11.5 Å². The number of likely N-dealkylation sites (N-methyl/N-ethyl adjacent to an activating group) is 1. The Morgan fingerprint density at radius 1 is 1.20 bits per heavy atom. The number of hydrogen-bond donors (Lipinski definition) is 2. The van der Waals surface area contributed by atoms with Crippen molar-refractivity contribution in [3.05, 3.63) is 48.0 Å². The zero-order valence-corrected chi connectivity index (χ0v) is 18.1. The Kier molecular flexibility index (Phi) is 7.79. The Bertz CT molecular complexity index is 1000. The third-order valence-electron chi connectivity index (χ3n) is 3.95. The smallest absolute Gasteiger partial charge is 0.262 e. The summed E-state index contributed by atoms with van der Waals surface area (Å²) in [5.74, 6) is 0.807. The molecule has 162 valence electrons. The largest absolute Gasteiger partial charge is 0.490 e. The normalized spacial score (nSPS) is 12.4. The van der Waals surface area contributed by atoms with Gasteiger partial charge in [-0.1, -0.05) is 0 Å². The van der Waals surface area contributed by atoms with Gasteiger partial charge in [0.1, 0.15) is 0 Å². The maximum absolute atomic E-state index is 12.0. The van der Waals surface area contributed by atoms with Crippen molar-refractivity contribution in [3.63, 3.8) is 0 Å². The number of hydrazone groups is 1. The number of sulfonamides is 1. The van der Waals surface area contributed by atoms with Crippen molar-refractivity contribution in [2.45, 2.75) is 24.8 Å². The highest BCUT2D eigenvalue weighted by atomic mass is 32.2. The van der Waals surface area contributed by atoms with Crippen LogP contribution in [0.3, 0.4) is 0 Å². The molecule has 1 amide bonds. The molecule has 30 heavy (non-hydrogen) atoms. The molecule has 1 unspecified atom stereocenters. The second-order valence-electron chi connectivity index (χ2n) is 6.57. The topological polar surface area (TPSA) is 123 Å².